The van der Waals surface area contributed by atoms with Gasteiger partial charge in [-0.2, -0.15) is 0 Å². The van der Waals surface area contributed by atoms with Crippen LogP contribution in [0, 0.1) is 0 Å². The Kier molecular flexibility index (Phi) is 6.24. The van der Waals surface area contributed by atoms with Crippen molar-refractivity contribution < 1.29 is 4.43 Å². The highest BCUT2D eigenvalue weighted by molar-refractivity contribution is 6.79. The van der Waals surface area contributed by atoms with E-state index in [4.69, 9.17) is 16.0 Å². The molecule has 0 aliphatic carbocycles. The van der Waals surface area contributed by atoms with Gasteiger partial charge in [-0.3, -0.25) is 0 Å². The maximum Gasteiger partial charge on any atom is 0.204 e. The minimum Gasteiger partial charge on any atom is -0.416 e. The van der Waals surface area contributed by atoms with Crippen LogP contribution in [0.25, 0.3) is 0 Å². The lowest BCUT2D eigenvalue weighted by atomic mass is 10.3. The molecule has 3 heteroatoms. The predicted molar refractivity (Wildman–Crippen MR) is 58.3 cm³/mol. The summed E-state index contributed by atoms with van der Waals surface area (Å²) in [6.07, 6.45) is 3.55. The Hall–Kier alpha value is 0.467. The van der Waals surface area contributed by atoms with Gasteiger partial charge in [0.15, 0.2) is 0 Å². The number of hydrogen-bond acceptors (Lipinski definition) is 1. The minimum atomic E-state index is -1.58. The van der Waals surface area contributed by atoms with Crippen LogP contribution in [0.4, 0.5) is 0 Å². The smallest absolute Gasteiger partial charge is 0.204 e. The lowest BCUT2D eigenvalue weighted by molar-refractivity contribution is 0.325. The molecular weight excluding hydrogens is 188 g/mol. The molecular formula is C9H21ClOSi. The molecule has 0 amide bonds. The third-order valence-corrected chi connectivity index (χ3v) is 6.71. The van der Waals surface area contributed by atoms with E-state index in [1.807, 2.05) is 6.92 Å². The molecule has 1 atom stereocenters. The fourth-order valence-electron chi connectivity index (χ4n) is 1.19. The van der Waals surface area contributed by atoms with Gasteiger partial charge in [0.2, 0.25) is 8.32 Å². The van der Waals surface area contributed by atoms with Crippen LogP contribution in [0.3, 0.4) is 0 Å². The highest BCUT2D eigenvalue weighted by Gasteiger charge is 2.30. The maximum atomic E-state index is 6.27. The van der Waals surface area contributed by atoms with Gasteiger partial charge in [0.05, 0.1) is 5.00 Å². The fourth-order valence-corrected chi connectivity index (χ4v) is 3.36. The van der Waals surface area contributed by atoms with E-state index in [0.717, 1.165) is 13.0 Å². The molecule has 0 spiro atoms. The van der Waals surface area contributed by atoms with Crippen molar-refractivity contribution in [1.29, 1.82) is 0 Å². The van der Waals surface area contributed by atoms with Gasteiger partial charge in [-0.25, -0.2) is 0 Å². The van der Waals surface area contributed by atoms with Crippen molar-refractivity contribution in [1.82, 2.24) is 0 Å². The van der Waals surface area contributed by atoms with Crippen LogP contribution in [0.2, 0.25) is 13.1 Å². The van der Waals surface area contributed by atoms with Crippen LogP contribution in [0.1, 0.15) is 33.1 Å². The summed E-state index contributed by atoms with van der Waals surface area (Å²) in [5.41, 5.74) is 0. The van der Waals surface area contributed by atoms with E-state index in [9.17, 15) is 0 Å². The number of halogens is 1. The maximum absolute atomic E-state index is 6.27. The first-order valence-electron chi connectivity index (χ1n) is 4.82. The summed E-state index contributed by atoms with van der Waals surface area (Å²) >= 11 is 6.27. The van der Waals surface area contributed by atoms with Crippen LogP contribution in [0.5, 0.6) is 0 Å². The van der Waals surface area contributed by atoms with E-state index >= 15 is 0 Å². The summed E-state index contributed by atoms with van der Waals surface area (Å²) in [4.78, 5) is 0. The standard InChI is InChI=1S/C9H21ClOSi/c1-5-7-8-9(10)12(3,4)11-6-2/h9H,5-8H2,1-4H3. The second-order valence-electron chi connectivity index (χ2n) is 3.65. The molecule has 0 bridgehead atoms. The van der Waals surface area contributed by atoms with Gasteiger partial charge in [-0.05, 0) is 26.4 Å². The molecule has 0 N–H and O–H groups in total. The Morgan fingerprint density at radius 3 is 2.33 bits per heavy atom. The highest BCUT2D eigenvalue weighted by Crippen LogP contribution is 2.21. The van der Waals surface area contributed by atoms with Crippen molar-refractivity contribution in [2.75, 3.05) is 6.61 Å². The van der Waals surface area contributed by atoms with Crippen LogP contribution in [0.15, 0.2) is 0 Å². The van der Waals surface area contributed by atoms with Gasteiger partial charge >= 0.3 is 0 Å². The fraction of sp³-hybridized carbons (Fsp3) is 1.00. The average Bonchev–Trinajstić information content (AvgIpc) is 2.00. The monoisotopic (exact) mass is 208 g/mol. The van der Waals surface area contributed by atoms with Crippen LogP contribution < -0.4 is 0 Å². The SMILES string of the molecule is CCCCC(Cl)[Si](C)(C)OCC. The molecule has 0 rings (SSSR count). The van der Waals surface area contributed by atoms with E-state index in [1.165, 1.54) is 12.8 Å². The summed E-state index contributed by atoms with van der Waals surface area (Å²) in [6, 6.07) is 0. The van der Waals surface area contributed by atoms with E-state index in [1.54, 1.807) is 0 Å². The lowest BCUT2D eigenvalue weighted by Gasteiger charge is -2.27. The molecule has 0 aromatic heterocycles. The minimum absolute atomic E-state index is 0.275. The summed E-state index contributed by atoms with van der Waals surface area (Å²) in [7, 11) is -1.58. The van der Waals surface area contributed by atoms with Gasteiger partial charge in [0.25, 0.3) is 0 Å². The molecule has 0 saturated heterocycles. The number of alkyl halides is 1. The zero-order chi connectivity index (χ0) is 9.61. The Morgan fingerprint density at radius 1 is 1.33 bits per heavy atom. The Balaban J connectivity index is 3.79. The second-order valence-corrected chi connectivity index (χ2v) is 8.73. The van der Waals surface area contributed by atoms with Crippen LogP contribution in [-0.2, 0) is 4.43 Å². The third-order valence-electron chi connectivity index (χ3n) is 2.08. The number of unbranched alkanes of at least 4 members (excludes halogenated alkanes) is 1. The van der Waals surface area contributed by atoms with Crippen molar-refractivity contribution in [2.45, 2.75) is 51.2 Å². The average molecular weight is 209 g/mol. The first-order valence-corrected chi connectivity index (χ1v) is 8.24. The molecule has 12 heavy (non-hydrogen) atoms. The van der Waals surface area contributed by atoms with Gasteiger partial charge in [0.1, 0.15) is 0 Å². The molecule has 1 nitrogen and oxygen atoms in total. The molecule has 0 aliphatic rings. The summed E-state index contributed by atoms with van der Waals surface area (Å²) in [5, 5.41) is 0.275. The molecule has 0 aromatic rings. The van der Waals surface area contributed by atoms with Gasteiger partial charge in [-0.1, -0.05) is 19.8 Å². The van der Waals surface area contributed by atoms with Crippen molar-refractivity contribution in [2.24, 2.45) is 0 Å². The molecule has 0 radical (unpaired) electrons. The molecule has 0 saturated carbocycles. The first kappa shape index (κ1) is 12.5. The summed E-state index contributed by atoms with van der Waals surface area (Å²) in [6.45, 7) is 9.43. The molecule has 0 aromatic carbocycles. The van der Waals surface area contributed by atoms with Crippen molar-refractivity contribution >= 4 is 19.9 Å². The van der Waals surface area contributed by atoms with E-state index in [0.29, 0.717) is 0 Å². The van der Waals surface area contributed by atoms with E-state index < -0.39 is 8.32 Å². The Bertz CT molecular complexity index is 117. The van der Waals surface area contributed by atoms with Crippen LogP contribution >= 0.6 is 11.6 Å². The topological polar surface area (TPSA) is 9.23 Å². The van der Waals surface area contributed by atoms with E-state index in [-0.39, 0.29) is 5.00 Å². The summed E-state index contributed by atoms with van der Waals surface area (Å²) in [5.74, 6) is 0. The highest BCUT2D eigenvalue weighted by atomic mass is 35.5. The molecule has 1 unspecified atom stereocenters. The normalized spacial score (nSPS) is 14.8. The van der Waals surface area contributed by atoms with Crippen molar-refractivity contribution in [3.8, 4) is 0 Å². The zero-order valence-electron chi connectivity index (χ0n) is 8.69. The summed E-state index contributed by atoms with van der Waals surface area (Å²) < 4.78 is 5.70. The lowest BCUT2D eigenvalue weighted by Crippen LogP contribution is -2.41. The van der Waals surface area contributed by atoms with Crippen molar-refractivity contribution in [3.05, 3.63) is 0 Å². The Labute approximate surface area is 82.6 Å². The predicted octanol–water partition coefficient (Wildman–Crippen LogP) is 3.56. The molecule has 0 heterocycles. The second kappa shape index (κ2) is 6.00. The first-order chi connectivity index (χ1) is 5.54. The third kappa shape index (κ3) is 4.48. The molecule has 0 aliphatic heterocycles. The van der Waals surface area contributed by atoms with Gasteiger partial charge < -0.3 is 4.43 Å². The zero-order valence-corrected chi connectivity index (χ0v) is 10.4. The Morgan fingerprint density at radius 2 is 1.92 bits per heavy atom. The van der Waals surface area contributed by atoms with E-state index in [2.05, 4.69) is 20.0 Å². The quantitative estimate of drug-likeness (QED) is 0.479. The van der Waals surface area contributed by atoms with Gasteiger partial charge in [-0.15, -0.1) is 11.6 Å². The number of rotatable bonds is 6. The molecule has 0 fully saturated rings. The largest absolute Gasteiger partial charge is 0.416 e. The van der Waals surface area contributed by atoms with Crippen LogP contribution in [-0.4, -0.2) is 19.9 Å². The van der Waals surface area contributed by atoms with Crippen molar-refractivity contribution in [3.63, 3.8) is 0 Å². The molecule has 74 valence electrons. The number of hydrogen-bond donors (Lipinski definition) is 0. The van der Waals surface area contributed by atoms with Gasteiger partial charge in [0, 0.05) is 6.61 Å².